The van der Waals surface area contributed by atoms with Gasteiger partial charge in [0.1, 0.15) is 0 Å². The van der Waals surface area contributed by atoms with Crippen LogP contribution in [0, 0.1) is 0 Å². The molecule has 0 radical (unpaired) electrons. The van der Waals surface area contributed by atoms with Crippen LogP contribution in [-0.4, -0.2) is 42.4 Å². The third kappa shape index (κ3) is 4.54. The van der Waals surface area contributed by atoms with Crippen molar-refractivity contribution in [3.8, 4) is 0 Å². The topological polar surface area (TPSA) is 15.3 Å². The summed E-state index contributed by atoms with van der Waals surface area (Å²) < 4.78 is 0. The van der Waals surface area contributed by atoms with Crippen LogP contribution in [0.25, 0.3) is 0 Å². The summed E-state index contributed by atoms with van der Waals surface area (Å²) in [5.41, 5.74) is 0. The zero-order chi connectivity index (χ0) is 13.8. The molecule has 1 aromatic rings. The highest BCUT2D eigenvalue weighted by atomic mass is 35.5. The van der Waals surface area contributed by atoms with E-state index in [9.17, 15) is 0 Å². The quantitative estimate of drug-likeness (QED) is 0.851. The molecule has 2 rings (SSSR count). The molecule has 1 heterocycles. The zero-order valence-electron chi connectivity index (χ0n) is 11.3. The minimum absolute atomic E-state index is 0.580. The van der Waals surface area contributed by atoms with Crippen LogP contribution in [0.4, 0.5) is 0 Å². The highest BCUT2D eigenvalue weighted by Gasteiger charge is 2.21. The summed E-state index contributed by atoms with van der Waals surface area (Å²) in [6.07, 6.45) is 0. The lowest BCUT2D eigenvalue weighted by atomic mass is 10.1. The van der Waals surface area contributed by atoms with Crippen molar-refractivity contribution in [2.45, 2.75) is 30.8 Å². The molecule has 5 heteroatoms. The lowest BCUT2D eigenvalue weighted by Crippen LogP contribution is -2.54. The van der Waals surface area contributed by atoms with E-state index >= 15 is 0 Å². The molecule has 106 valence electrons. The van der Waals surface area contributed by atoms with E-state index in [1.54, 1.807) is 11.8 Å². The fourth-order valence-corrected chi connectivity index (χ4v) is 3.75. The molecule has 2 atom stereocenters. The number of hydrogen-bond donors (Lipinski definition) is 1. The number of nitrogens with one attached hydrogen (secondary N) is 1. The van der Waals surface area contributed by atoms with Crippen molar-refractivity contribution in [3.63, 3.8) is 0 Å². The average molecular weight is 319 g/mol. The number of rotatable bonds is 4. The Bertz CT molecular complexity index is 428. The van der Waals surface area contributed by atoms with Gasteiger partial charge in [0.05, 0.1) is 5.02 Å². The van der Waals surface area contributed by atoms with Gasteiger partial charge in [-0.3, -0.25) is 4.90 Å². The lowest BCUT2D eigenvalue weighted by Gasteiger charge is -2.37. The zero-order valence-corrected chi connectivity index (χ0v) is 13.7. The van der Waals surface area contributed by atoms with Crippen molar-refractivity contribution in [2.75, 3.05) is 25.4 Å². The van der Waals surface area contributed by atoms with Crippen LogP contribution < -0.4 is 5.32 Å². The molecule has 0 bridgehead atoms. The maximum absolute atomic E-state index is 6.17. The Kier molecular flexibility index (Phi) is 5.85. The van der Waals surface area contributed by atoms with Crippen molar-refractivity contribution in [3.05, 3.63) is 28.2 Å². The van der Waals surface area contributed by atoms with Crippen LogP contribution in [0.1, 0.15) is 13.8 Å². The summed E-state index contributed by atoms with van der Waals surface area (Å²) in [6, 6.07) is 6.82. The van der Waals surface area contributed by atoms with Crippen LogP contribution in [0.3, 0.4) is 0 Å². The van der Waals surface area contributed by atoms with Crippen molar-refractivity contribution in [1.29, 1.82) is 0 Å². The van der Waals surface area contributed by atoms with Gasteiger partial charge in [0.15, 0.2) is 0 Å². The van der Waals surface area contributed by atoms with E-state index in [1.165, 1.54) is 0 Å². The monoisotopic (exact) mass is 318 g/mol. The standard InChI is InChI=1S/C14H20Cl2N2S/c1-10-9-18(11(2)8-17-10)5-6-19-14-7-12(15)3-4-13(14)16/h3-4,7,10-11,17H,5-6,8-9H2,1-2H3. The molecule has 2 nitrogen and oxygen atoms in total. The second-order valence-electron chi connectivity index (χ2n) is 5.08. The van der Waals surface area contributed by atoms with E-state index in [4.69, 9.17) is 23.2 Å². The number of benzene rings is 1. The van der Waals surface area contributed by atoms with Crippen LogP contribution in [-0.2, 0) is 0 Å². The van der Waals surface area contributed by atoms with Gasteiger partial charge in [-0.05, 0) is 32.0 Å². The highest BCUT2D eigenvalue weighted by Crippen LogP contribution is 2.29. The number of thioether (sulfide) groups is 1. The maximum Gasteiger partial charge on any atom is 0.0542 e. The van der Waals surface area contributed by atoms with Gasteiger partial charge in [-0.1, -0.05) is 23.2 Å². The summed E-state index contributed by atoms with van der Waals surface area (Å²) in [5.74, 6) is 1.04. The summed E-state index contributed by atoms with van der Waals surface area (Å²) in [5, 5.41) is 5.03. The van der Waals surface area contributed by atoms with Gasteiger partial charge in [-0.25, -0.2) is 0 Å². The van der Waals surface area contributed by atoms with Crippen LogP contribution in [0.5, 0.6) is 0 Å². The number of piperazine rings is 1. The van der Waals surface area contributed by atoms with Gasteiger partial charge in [-0.15, -0.1) is 11.8 Å². The van der Waals surface area contributed by atoms with Crippen molar-refractivity contribution >= 4 is 35.0 Å². The molecule has 19 heavy (non-hydrogen) atoms. The second kappa shape index (κ2) is 7.19. The third-order valence-corrected chi connectivity index (χ3v) is 5.13. The molecular formula is C14H20Cl2N2S. The molecule has 1 fully saturated rings. The predicted molar refractivity (Wildman–Crippen MR) is 85.7 cm³/mol. The van der Waals surface area contributed by atoms with Gasteiger partial charge in [0.2, 0.25) is 0 Å². The van der Waals surface area contributed by atoms with E-state index in [2.05, 4.69) is 24.1 Å². The number of nitrogens with zero attached hydrogens (tertiary/aromatic N) is 1. The van der Waals surface area contributed by atoms with E-state index in [-0.39, 0.29) is 0 Å². The second-order valence-corrected chi connectivity index (χ2v) is 7.06. The molecular weight excluding hydrogens is 299 g/mol. The van der Waals surface area contributed by atoms with Crippen LogP contribution in [0.2, 0.25) is 10.0 Å². The molecule has 2 unspecified atom stereocenters. The van der Waals surface area contributed by atoms with Crippen LogP contribution in [0.15, 0.2) is 23.1 Å². The minimum atomic E-state index is 0.580. The Labute approximate surface area is 129 Å². The molecule has 1 aliphatic rings. The first-order valence-electron chi connectivity index (χ1n) is 6.61. The SMILES string of the molecule is CC1CN(CCSc2cc(Cl)ccc2Cl)C(C)CN1. The summed E-state index contributed by atoms with van der Waals surface area (Å²) in [6.45, 7) is 7.78. The number of halogens is 2. The molecule has 1 aromatic carbocycles. The molecule has 0 spiro atoms. The van der Waals surface area contributed by atoms with Gasteiger partial charge < -0.3 is 5.32 Å². The van der Waals surface area contributed by atoms with E-state index in [1.807, 2.05) is 18.2 Å². The van der Waals surface area contributed by atoms with Crippen molar-refractivity contribution in [1.82, 2.24) is 10.2 Å². The smallest absolute Gasteiger partial charge is 0.0542 e. The Balaban J connectivity index is 1.84. The van der Waals surface area contributed by atoms with Crippen molar-refractivity contribution < 1.29 is 0 Å². The molecule has 1 N–H and O–H groups in total. The molecule has 1 saturated heterocycles. The highest BCUT2D eigenvalue weighted by molar-refractivity contribution is 7.99. The Morgan fingerprint density at radius 2 is 2.16 bits per heavy atom. The molecule has 0 aliphatic carbocycles. The number of hydrogen-bond acceptors (Lipinski definition) is 3. The third-order valence-electron chi connectivity index (χ3n) is 3.42. The maximum atomic E-state index is 6.17. The Hall–Kier alpha value is 0.0700. The fraction of sp³-hybridized carbons (Fsp3) is 0.571. The largest absolute Gasteiger partial charge is 0.311 e. The van der Waals surface area contributed by atoms with Gasteiger partial charge >= 0.3 is 0 Å². The lowest BCUT2D eigenvalue weighted by molar-refractivity contribution is 0.156. The normalized spacial score (nSPS) is 24.6. The van der Waals surface area contributed by atoms with Crippen LogP contribution >= 0.6 is 35.0 Å². The fourth-order valence-electron chi connectivity index (χ4n) is 2.27. The van der Waals surface area contributed by atoms with Gasteiger partial charge in [0, 0.05) is 47.4 Å². The predicted octanol–water partition coefficient (Wildman–Crippen LogP) is 3.77. The van der Waals surface area contributed by atoms with E-state index in [0.29, 0.717) is 12.1 Å². The minimum Gasteiger partial charge on any atom is -0.311 e. The van der Waals surface area contributed by atoms with Gasteiger partial charge in [-0.2, -0.15) is 0 Å². The first-order valence-corrected chi connectivity index (χ1v) is 8.35. The average Bonchev–Trinajstić information content (AvgIpc) is 2.38. The Morgan fingerprint density at radius 1 is 1.37 bits per heavy atom. The van der Waals surface area contributed by atoms with Gasteiger partial charge in [0.25, 0.3) is 0 Å². The molecule has 0 aromatic heterocycles. The summed E-state index contributed by atoms with van der Waals surface area (Å²) in [4.78, 5) is 3.61. The molecule has 1 aliphatic heterocycles. The first kappa shape index (κ1) is 15.5. The van der Waals surface area contributed by atoms with E-state index < -0.39 is 0 Å². The first-order chi connectivity index (χ1) is 9.06. The molecule has 0 saturated carbocycles. The van der Waals surface area contributed by atoms with Crippen molar-refractivity contribution in [2.24, 2.45) is 0 Å². The molecule has 0 amide bonds. The van der Waals surface area contributed by atoms with E-state index in [0.717, 1.165) is 40.3 Å². The summed E-state index contributed by atoms with van der Waals surface area (Å²) >= 11 is 13.9. The Morgan fingerprint density at radius 3 is 2.95 bits per heavy atom. The summed E-state index contributed by atoms with van der Waals surface area (Å²) in [7, 11) is 0.